The molecule has 0 aliphatic rings. The van der Waals surface area contributed by atoms with Gasteiger partial charge >= 0.3 is 6.18 Å². The number of halogens is 3. The number of hydrogen-bond donors (Lipinski definition) is 1. The van der Waals surface area contributed by atoms with Crippen LogP contribution < -0.4 is 5.56 Å². The highest BCUT2D eigenvalue weighted by molar-refractivity contribution is 7.71. The maximum Gasteiger partial charge on any atom is 0.426 e. The van der Waals surface area contributed by atoms with E-state index in [0.29, 0.717) is 29.7 Å². The van der Waals surface area contributed by atoms with Gasteiger partial charge in [0.05, 0.1) is 5.52 Å². The van der Waals surface area contributed by atoms with Crippen molar-refractivity contribution in [1.82, 2.24) is 9.55 Å². The van der Waals surface area contributed by atoms with Gasteiger partial charge in [0.1, 0.15) is 9.58 Å². The number of thiophene rings is 1. The SMILES string of the molecule is [CH]CCCn1c(=S)[nH]c2c(-c3ccccc3)c(C(F)(F)F)sc2c1=O. The van der Waals surface area contributed by atoms with Crippen LogP contribution in [-0.4, -0.2) is 9.55 Å². The van der Waals surface area contributed by atoms with Crippen LogP contribution in [0.4, 0.5) is 13.2 Å². The van der Waals surface area contributed by atoms with Gasteiger partial charge in [-0.3, -0.25) is 9.36 Å². The Hall–Kier alpha value is -1.93. The molecule has 0 saturated carbocycles. The highest BCUT2D eigenvalue weighted by Gasteiger charge is 2.38. The first kappa shape index (κ1) is 17.9. The number of fused-ring (bicyclic) bond motifs is 1. The minimum atomic E-state index is -4.57. The largest absolute Gasteiger partial charge is 0.426 e. The number of nitrogens with zero attached hydrogens (tertiary/aromatic N) is 1. The van der Waals surface area contributed by atoms with Gasteiger partial charge in [0.15, 0.2) is 4.77 Å². The lowest BCUT2D eigenvalue weighted by Gasteiger charge is -2.09. The molecular weight excluding hydrogens is 369 g/mol. The second-order valence-electron chi connectivity index (χ2n) is 5.40. The Balaban J connectivity index is 2.38. The Kier molecular flexibility index (Phi) is 4.83. The lowest BCUT2D eigenvalue weighted by atomic mass is 10.1. The number of H-pyrrole nitrogens is 1. The van der Waals surface area contributed by atoms with Gasteiger partial charge < -0.3 is 4.98 Å². The van der Waals surface area contributed by atoms with Gasteiger partial charge in [-0.05, 0) is 37.5 Å². The molecule has 1 N–H and O–H groups in total. The normalized spacial score (nSPS) is 12.0. The molecule has 2 heterocycles. The summed E-state index contributed by atoms with van der Waals surface area (Å²) in [6.07, 6.45) is -3.71. The third-order valence-electron chi connectivity index (χ3n) is 3.73. The summed E-state index contributed by atoms with van der Waals surface area (Å²) in [6.45, 7) is 5.71. The molecule has 25 heavy (non-hydrogen) atoms. The van der Waals surface area contributed by atoms with Crippen LogP contribution in [0.1, 0.15) is 17.7 Å². The molecule has 0 saturated heterocycles. The van der Waals surface area contributed by atoms with E-state index in [4.69, 9.17) is 19.1 Å². The van der Waals surface area contributed by atoms with Gasteiger partial charge in [-0.15, -0.1) is 11.3 Å². The predicted molar refractivity (Wildman–Crippen MR) is 95.2 cm³/mol. The number of unbranched alkanes of at least 4 members (excludes halogenated alkanes) is 1. The predicted octanol–water partition coefficient (Wildman–Crippen LogP) is 5.30. The molecule has 0 fully saturated rings. The molecule has 3 aromatic rings. The van der Waals surface area contributed by atoms with E-state index in [-0.39, 0.29) is 27.1 Å². The van der Waals surface area contributed by atoms with Crippen LogP contribution >= 0.6 is 23.6 Å². The number of benzene rings is 1. The Morgan fingerprint density at radius 3 is 2.52 bits per heavy atom. The number of rotatable bonds is 4. The maximum absolute atomic E-state index is 13.6. The lowest BCUT2D eigenvalue weighted by molar-refractivity contribution is -0.133. The molecule has 0 amide bonds. The maximum atomic E-state index is 13.6. The fourth-order valence-corrected chi connectivity index (χ4v) is 3.99. The zero-order valence-corrected chi connectivity index (χ0v) is 14.5. The van der Waals surface area contributed by atoms with E-state index in [2.05, 4.69) is 4.98 Å². The third kappa shape index (κ3) is 3.28. The second kappa shape index (κ2) is 6.76. The summed E-state index contributed by atoms with van der Waals surface area (Å²) in [5.74, 6) is 0. The van der Waals surface area contributed by atoms with Crippen molar-refractivity contribution in [2.24, 2.45) is 0 Å². The molecule has 8 heteroatoms. The van der Waals surface area contributed by atoms with Crippen molar-refractivity contribution in [3.8, 4) is 11.1 Å². The third-order valence-corrected chi connectivity index (χ3v) is 5.28. The second-order valence-corrected chi connectivity index (χ2v) is 6.81. The fraction of sp³-hybridized carbons (Fsp3) is 0.235. The van der Waals surface area contributed by atoms with Crippen molar-refractivity contribution in [1.29, 1.82) is 0 Å². The molecular formula is C17H13F3N2OS2. The van der Waals surface area contributed by atoms with E-state index in [1.165, 1.54) is 4.57 Å². The lowest BCUT2D eigenvalue weighted by Crippen LogP contribution is -2.21. The smallest absolute Gasteiger partial charge is 0.330 e. The van der Waals surface area contributed by atoms with Gasteiger partial charge in [-0.1, -0.05) is 30.3 Å². The monoisotopic (exact) mass is 382 g/mol. The van der Waals surface area contributed by atoms with Crippen molar-refractivity contribution in [3.05, 3.63) is 57.3 Å². The minimum absolute atomic E-state index is 0.0109. The van der Waals surface area contributed by atoms with E-state index in [0.717, 1.165) is 0 Å². The molecule has 1 aromatic carbocycles. The van der Waals surface area contributed by atoms with Crippen LogP contribution in [0, 0.1) is 11.7 Å². The summed E-state index contributed by atoms with van der Waals surface area (Å²) in [6, 6.07) is 8.17. The summed E-state index contributed by atoms with van der Waals surface area (Å²) in [5.41, 5.74) is -0.0551. The molecule has 0 unspecified atom stereocenters. The Labute approximate surface area is 150 Å². The topological polar surface area (TPSA) is 37.8 Å². The quantitative estimate of drug-likeness (QED) is 0.622. The van der Waals surface area contributed by atoms with E-state index in [1.807, 2.05) is 0 Å². The van der Waals surface area contributed by atoms with Crippen molar-refractivity contribution in [3.63, 3.8) is 0 Å². The molecule has 0 atom stereocenters. The van der Waals surface area contributed by atoms with Crippen LogP contribution in [0.5, 0.6) is 0 Å². The first-order valence-electron chi connectivity index (χ1n) is 7.47. The van der Waals surface area contributed by atoms with Crippen molar-refractivity contribution in [2.45, 2.75) is 25.6 Å². The molecule has 0 spiro atoms. The average molecular weight is 382 g/mol. The summed E-state index contributed by atoms with van der Waals surface area (Å²) < 4.78 is 42.0. The Morgan fingerprint density at radius 2 is 1.92 bits per heavy atom. The first-order chi connectivity index (χ1) is 11.8. The summed E-state index contributed by atoms with van der Waals surface area (Å²) >= 11 is 5.62. The zero-order valence-electron chi connectivity index (χ0n) is 12.9. The number of aromatic amines is 1. The number of nitrogens with one attached hydrogen (secondary N) is 1. The Morgan fingerprint density at radius 1 is 1.24 bits per heavy atom. The molecule has 0 aliphatic heterocycles. The first-order valence-corrected chi connectivity index (χ1v) is 8.69. The number of hydrogen-bond acceptors (Lipinski definition) is 3. The zero-order chi connectivity index (χ0) is 18.2. The van der Waals surface area contributed by atoms with Crippen LogP contribution in [0.3, 0.4) is 0 Å². The number of aromatic nitrogens is 2. The van der Waals surface area contributed by atoms with Crippen LogP contribution in [0.25, 0.3) is 21.3 Å². The standard InChI is InChI=1S/C17H13F3N2OS2/c1-2-3-9-22-15(23)13-12(21-16(22)24)11(10-7-5-4-6-8-10)14(25-13)17(18,19)20/h1,4-8H,2-3,9H2,(H,21,24). The van der Waals surface area contributed by atoms with E-state index in [9.17, 15) is 18.0 Å². The van der Waals surface area contributed by atoms with Gasteiger partial charge in [-0.25, -0.2) is 0 Å². The van der Waals surface area contributed by atoms with Crippen LogP contribution in [0.15, 0.2) is 35.1 Å². The minimum Gasteiger partial charge on any atom is -0.330 e. The molecule has 130 valence electrons. The van der Waals surface area contributed by atoms with Gasteiger partial charge in [0.25, 0.3) is 5.56 Å². The average Bonchev–Trinajstić information content (AvgIpc) is 2.95. The highest BCUT2D eigenvalue weighted by atomic mass is 32.1. The number of alkyl halides is 3. The van der Waals surface area contributed by atoms with E-state index >= 15 is 0 Å². The molecule has 3 rings (SSSR count). The summed E-state index contributed by atoms with van der Waals surface area (Å²) in [4.78, 5) is 14.7. The molecule has 0 aliphatic carbocycles. The molecule has 2 aromatic heterocycles. The van der Waals surface area contributed by atoms with E-state index < -0.39 is 16.6 Å². The highest BCUT2D eigenvalue weighted by Crippen LogP contribution is 2.45. The van der Waals surface area contributed by atoms with Gasteiger partial charge in [0, 0.05) is 12.1 Å². The van der Waals surface area contributed by atoms with Crippen molar-refractivity contribution >= 4 is 33.8 Å². The molecule has 3 nitrogen and oxygen atoms in total. The van der Waals surface area contributed by atoms with Gasteiger partial charge in [-0.2, -0.15) is 13.2 Å². The molecule has 2 radical (unpaired) electrons. The van der Waals surface area contributed by atoms with Crippen LogP contribution in [0.2, 0.25) is 0 Å². The van der Waals surface area contributed by atoms with Crippen LogP contribution in [-0.2, 0) is 12.7 Å². The van der Waals surface area contributed by atoms with Gasteiger partial charge in [0.2, 0.25) is 0 Å². The molecule has 0 bridgehead atoms. The van der Waals surface area contributed by atoms with Crippen molar-refractivity contribution < 1.29 is 13.2 Å². The van der Waals surface area contributed by atoms with E-state index in [1.54, 1.807) is 30.3 Å². The Bertz CT molecular complexity index is 1020. The summed E-state index contributed by atoms with van der Waals surface area (Å²) in [5, 5.41) is 0. The fourth-order valence-electron chi connectivity index (χ4n) is 2.62. The summed E-state index contributed by atoms with van der Waals surface area (Å²) in [7, 11) is 0. The van der Waals surface area contributed by atoms with Crippen molar-refractivity contribution in [2.75, 3.05) is 0 Å².